The summed E-state index contributed by atoms with van der Waals surface area (Å²) in [5.74, 6) is -1.04. The number of likely N-dealkylation sites (N-methyl/N-ethyl adjacent to an activating group) is 1. The molecule has 0 heterocycles. The zero-order valence-electron chi connectivity index (χ0n) is 12.1. The van der Waals surface area contributed by atoms with Gasteiger partial charge in [0.15, 0.2) is 0 Å². The summed E-state index contributed by atoms with van der Waals surface area (Å²) >= 11 is 3.52. The zero-order valence-corrected chi connectivity index (χ0v) is 13.7. The van der Waals surface area contributed by atoms with Gasteiger partial charge in [-0.3, -0.25) is 0 Å². The van der Waals surface area contributed by atoms with Crippen LogP contribution < -0.4 is 5.32 Å². The fraction of sp³-hybridized carbons (Fsp3) is 0.294. The average Bonchev–Trinajstić information content (AvgIpc) is 2.44. The third-order valence-corrected chi connectivity index (χ3v) is 4.43. The average molecular weight is 354 g/mol. The van der Waals surface area contributed by atoms with E-state index in [9.17, 15) is 8.78 Å². The van der Waals surface area contributed by atoms with Crippen molar-refractivity contribution in [1.29, 1.82) is 0 Å². The van der Waals surface area contributed by atoms with Crippen LogP contribution >= 0.6 is 15.9 Å². The lowest BCUT2D eigenvalue weighted by Gasteiger charge is -2.21. The van der Waals surface area contributed by atoms with Crippen LogP contribution in [0.25, 0.3) is 0 Å². The fourth-order valence-electron chi connectivity index (χ4n) is 2.45. The molecule has 1 atom stereocenters. The maximum Gasteiger partial charge on any atom is 0.129 e. The summed E-state index contributed by atoms with van der Waals surface area (Å²) in [4.78, 5) is 0. The smallest absolute Gasteiger partial charge is 0.129 e. The molecular weight excluding hydrogens is 336 g/mol. The van der Waals surface area contributed by atoms with Crippen LogP contribution in [0.15, 0.2) is 40.9 Å². The highest BCUT2D eigenvalue weighted by atomic mass is 79.9. The summed E-state index contributed by atoms with van der Waals surface area (Å²) in [7, 11) is 0. The molecule has 0 fully saturated rings. The summed E-state index contributed by atoms with van der Waals surface area (Å²) in [5, 5.41) is 3.38. The van der Waals surface area contributed by atoms with E-state index in [2.05, 4.69) is 21.2 Å². The van der Waals surface area contributed by atoms with Crippen LogP contribution in [-0.2, 0) is 6.42 Å². The van der Waals surface area contributed by atoms with E-state index in [-0.39, 0.29) is 6.04 Å². The molecule has 2 aromatic rings. The third kappa shape index (κ3) is 3.89. The first-order chi connectivity index (χ1) is 10.0. The second-order valence-corrected chi connectivity index (χ2v) is 5.86. The Bertz CT molecular complexity index is 628. The normalized spacial score (nSPS) is 12.4. The molecule has 112 valence electrons. The highest BCUT2D eigenvalue weighted by molar-refractivity contribution is 9.10. The van der Waals surface area contributed by atoms with E-state index in [1.165, 1.54) is 12.1 Å². The van der Waals surface area contributed by atoms with Gasteiger partial charge >= 0.3 is 0 Å². The van der Waals surface area contributed by atoms with E-state index in [0.29, 0.717) is 12.0 Å². The molecule has 1 nitrogen and oxygen atoms in total. The minimum atomic E-state index is -0.546. The molecule has 0 radical (unpaired) electrons. The van der Waals surface area contributed by atoms with Crippen LogP contribution in [0.1, 0.15) is 29.7 Å². The van der Waals surface area contributed by atoms with E-state index >= 15 is 0 Å². The molecule has 0 aliphatic heterocycles. The van der Waals surface area contributed by atoms with Gasteiger partial charge in [0, 0.05) is 16.6 Å². The molecule has 21 heavy (non-hydrogen) atoms. The number of halogens is 3. The maximum absolute atomic E-state index is 13.9. The van der Waals surface area contributed by atoms with Crippen LogP contribution in [-0.4, -0.2) is 6.54 Å². The number of hydrogen-bond donors (Lipinski definition) is 1. The van der Waals surface area contributed by atoms with Gasteiger partial charge in [0.1, 0.15) is 11.6 Å². The maximum atomic E-state index is 13.9. The lowest BCUT2D eigenvalue weighted by Crippen LogP contribution is -2.24. The van der Waals surface area contributed by atoms with E-state index < -0.39 is 11.6 Å². The van der Waals surface area contributed by atoms with Crippen molar-refractivity contribution in [3.8, 4) is 0 Å². The molecule has 2 aromatic carbocycles. The van der Waals surface area contributed by atoms with E-state index in [4.69, 9.17) is 0 Å². The van der Waals surface area contributed by atoms with Crippen LogP contribution in [0.5, 0.6) is 0 Å². The second kappa shape index (κ2) is 7.14. The molecule has 0 amide bonds. The first-order valence-electron chi connectivity index (χ1n) is 6.95. The molecule has 0 aliphatic rings. The van der Waals surface area contributed by atoms with Crippen molar-refractivity contribution < 1.29 is 8.78 Å². The van der Waals surface area contributed by atoms with Crippen molar-refractivity contribution in [3.05, 3.63) is 69.2 Å². The first-order valence-corrected chi connectivity index (χ1v) is 7.74. The molecule has 1 unspecified atom stereocenters. The van der Waals surface area contributed by atoms with Crippen molar-refractivity contribution in [3.63, 3.8) is 0 Å². The zero-order chi connectivity index (χ0) is 15.4. The molecular formula is C17H18BrF2N. The Morgan fingerprint density at radius 2 is 1.95 bits per heavy atom. The summed E-state index contributed by atoms with van der Waals surface area (Å²) in [6.07, 6.45) is 0.483. The van der Waals surface area contributed by atoms with Crippen LogP contribution in [0.4, 0.5) is 8.78 Å². The number of hydrogen-bond acceptors (Lipinski definition) is 1. The fourth-order valence-corrected chi connectivity index (χ4v) is 2.83. The van der Waals surface area contributed by atoms with Crippen LogP contribution in [0, 0.1) is 18.6 Å². The standard InChI is InChI=1S/C17H18BrF2N/c1-3-21-17(14-5-4-6-15(18)11(14)2)9-12-7-8-13(19)10-16(12)20/h4-8,10,17,21H,3,9H2,1-2H3. The van der Waals surface area contributed by atoms with Crippen LogP contribution in [0.3, 0.4) is 0 Å². The second-order valence-electron chi connectivity index (χ2n) is 5.00. The topological polar surface area (TPSA) is 12.0 Å². The van der Waals surface area contributed by atoms with Crippen molar-refractivity contribution in [2.45, 2.75) is 26.3 Å². The quantitative estimate of drug-likeness (QED) is 0.803. The third-order valence-electron chi connectivity index (χ3n) is 3.57. The lowest BCUT2D eigenvalue weighted by molar-refractivity contribution is 0.519. The van der Waals surface area contributed by atoms with E-state index in [1.807, 2.05) is 32.0 Å². The first kappa shape index (κ1) is 16.1. The highest BCUT2D eigenvalue weighted by Gasteiger charge is 2.16. The molecule has 2 rings (SSSR count). The Morgan fingerprint density at radius 1 is 1.19 bits per heavy atom. The Labute approximate surface area is 132 Å². The van der Waals surface area contributed by atoms with E-state index in [1.54, 1.807) is 0 Å². The Hall–Kier alpha value is -1.26. The van der Waals surface area contributed by atoms with Crippen molar-refractivity contribution in [1.82, 2.24) is 5.32 Å². The number of rotatable bonds is 5. The highest BCUT2D eigenvalue weighted by Crippen LogP contribution is 2.27. The largest absolute Gasteiger partial charge is 0.310 e. The van der Waals surface area contributed by atoms with Gasteiger partial charge in [-0.15, -0.1) is 0 Å². The summed E-state index contributed by atoms with van der Waals surface area (Å²) in [6, 6.07) is 9.74. The van der Waals surface area contributed by atoms with Gasteiger partial charge < -0.3 is 5.32 Å². The Morgan fingerprint density at radius 3 is 2.62 bits per heavy atom. The SMILES string of the molecule is CCNC(Cc1ccc(F)cc1F)c1cccc(Br)c1C. The van der Waals surface area contributed by atoms with Gasteiger partial charge in [0.2, 0.25) is 0 Å². The molecule has 0 saturated heterocycles. The van der Waals surface area contributed by atoms with Gasteiger partial charge in [-0.1, -0.05) is 41.1 Å². The van der Waals surface area contributed by atoms with Gasteiger partial charge in [0.25, 0.3) is 0 Å². The molecule has 0 saturated carbocycles. The summed E-state index contributed by atoms with van der Waals surface area (Å²) in [6.45, 7) is 4.82. The lowest BCUT2D eigenvalue weighted by atomic mass is 9.95. The number of nitrogens with one attached hydrogen (secondary N) is 1. The molecule has 0 aromatic heterocycles. The van der Waals surface area contributed by atoms with Crippen molar-refractivity contribution in [2.75, 3.05) is 6.54 Å². The molecule has 1 N–H and O–H groups in total. The van der Waals surface area contributed by atoms with Crippen molar-refractivity contribution >= 4 is 15.9 Å². The summed E-state index contributed by atoms with van der Waals surface area (Å²) in [5.41, 5.74) is 2.77. The van der Waals surface area contributed by atoms with E-state index in [0.717, 1.165) is 28.2 Å². The van der Waals surface area contributed by atoms with Crippen LogP contribution in [0.2, 0.25) is 0 Å². The monoisotopic (exact) mass is 353 g/mol. The predicted molar refractivity (Wildman–Crippen MR) is 85.4 cm³/mol. The Balaban J connectivity index is 2.33. The molecule has 0 bridgehead atoms. The molecule has 0 aliphatic carbocycles. The molecule has 0 spiro atoms. The van der Waals surface area contributed by atoms with Gasteiger partial charge in [-0.2, -0.15) is 0 Å². The minimum Gasteiger partial charge on any atom is -0.310 e. The van der Waals surface area contributed by atoms with Crippen molar-refractivity contribution in [2.24, 2.45) is 0 Å². The van der Waals surface area contributed by atoms with Gasteiger partial charge in [-0.05, 0) is 48.7 Å². The number of benzene rings is 2. The molecule has 4 heteroatoms. The Kier molecular flexibility index (Phi) is 5.48. The summed E-state index contributed by atoms with van der Waals surface area (Å²) < 4.78 is 27.9. The predicted octanol–water partition coefficient (Wildman–Crippen LogP) is 4.93. The van der Waals surface area contributed by atoms with Gasteiger partial charge in [-0.25, -0.2) is 8.78 Å². The minimum absolute atomic E-state index is 0.00698. The van der Waals surface area contributed by atoms with Gasteiger partial charge in [0.05, 0.1) is 0 Å².